The third-order valence-corrected chi connectivity index (χ3v) is 5.69. The molecule has 29 heavy (non-hydrogen) atoms. The average molecular weight is 410 g/mol. The fourth-order valence-electron chi connectivity index (χ4n) is 4.12. The van der Waals surface area contributed by atoms with E-state index in [1.165, 1.54) is 0 Å². The van der Waals surface area contributed by atoms with E-state index in [-0.39, 0.29) is 43.0 Å². The van der Waals surface area contributed by atoms with Gasteiger partial charge < -0.3 is 25.8 Å². The van der Waals surface area contributed by atoms with Gasteiger partial charge in [0.05, 0.1) is 18.8 Å². The molecular formula is C21H35N3O5. The molecule has 2 bridgehead atoms. The molecule has 0 aromatic carbocycles. The molecule has 3 amide bonds. The van der Waals surface area contributed by atoms with E-state index in [4.69, 9.17) is 9.84 Å². The van der Waals surface area contributed by atoms with Gasteiger partial charge in [-0.3, -0.25) is 9.59 Å². The second-order valence-corrected chi connectivity index (χ2v) is 7.88. The van der Waals surface area contributed by atoms with E-state index in [9.17, 15) is 14.4 Å². The summed E-state index contributed by atoms with van der Waals surface area (Å²) in [4.78, 5) is 34.2. The summed E-state index contributed by atoms with van der Waals surface area (Å²) in [5.41, 5.74) is 0. The minimum atomic E-state index is -0.761. The first-order valence-corrected chi connectivity index (χ1v) is 10.8. The number of carboxylic acids is 1. The summed E-state index contributed by atoms with van der Waals surface area (Å²) < 4.78 is 6.05. The molecule has 0 saturated carbocycles. The number of hydrogen-bond donors (Lipinski definition) is 4. The molecule has 0 unspecified atom stereocenters. The summed E-state index contributed by atoms with van der Waals surface area (Å²) in [6.45, 7) is 3.18. The first-order valence-electron chi connectivity index (χ1n) is 10.8. The van der Waals surface area contributed by atoms with Crippen LogP contribution < -0.4 is 16.0 Å². The molecule has 0 aliphatic carbocycles. The Morgan fingerprint density at radius 3 is 2.52 bits per heavy atom. The second kappa shape index (κ2) is 12.5. The molecule has 0 aromatic rings. The maximum absolute atomic E-state index is 12.1. The van der Waals surface area contributed by atoms with Crippen LogP contribution in [0.1, 0.15) is 58.3 Å². The van der Waals surface area contributed by atoms with Gasteiger partial charge in [0.15, 0.2) is 0 Å². The molecule has 0 spiro atoms. The molecule has 8 nitrogen and oxygen atoms in total. The largest absolute Gasteiger partial charge is 0.481 e. The Bertz CT molecular complexity index is 581. The quantitative estimate of drug-likeness (QED) is 0.275. The first kappa shape index (κ1) is 23.2. The van der Waals surface area contributed by atoms with Crippen LogP contribution in [0, 0.1) is 11.8 Å². The van der Waals surface area contributed by atoms with Gasteiger partial charge in [0.2, 0.25) is 5.91 Å². The fraction of sp³-hybridized carbons (Fsp3) is 0.762. The summed E-state index contributed by atoms with van der Waals surface area (Å²) in [6, 6.07) is -0.317. The number of amides is 3. The summed E-state index contributed by atoms with van der Waals surface area (Å²) in [5.74, 6) is -0.306. The number of hydrogen-bond acceptors (Lipinski definition) is 4. The Hall–Kier alpha value is -2.09. The summed E-state index contributed by atoms with van der Waals surface area (Å²) in [5, 5.41) is 16.9. The van der Waals surface area contributed by atoms with E-state index >= 15 is 0 Å². The SMILES string of the molecule is CCCCNC(=O)NCC(=O)NC[C@H]1[C@@H](C/C=C\CCCC(=O)O)[C@H]2CC[C@@H]1O2. The van der Waals surface area contributed by atoms with Gasteiger partial charge in [0, 0.05) is 25.4 Å². The van der Waals surface area contributed by atoms with Crippen LogP contribution in [0.4, 0.5) is 4.79 Å². The van der Waals surface area contributed by atoms with Gasteiger partial charge in [0.1, 0.15) is 0 Å². The van der Waals surface area contributed by atoms with E-state index in [0.29, 0.717) is 25.4 Å². The zero-order valence-corrected chi connectivity index (χ0v) is 17.3. The van der Waals surface area contributed by atoms with Crippen molar-refractivity contribution in [3.8, 4) is 0 Å². The number of aliphatic carboxylic acids is 1. The molecule has 164 valence electrons. The lowest BCUT2D eigenvalue weighted by molar-refractivity contribution is -0.137. The highest BCUT2D eigenvalue weighted by Crippen LogP contribution is 2.44. The Morgan fingerprint density at radius 1 is 1.03 bits per heavy atom. The third kappa shape index (κ3) is 8.04. The van der Waals surface area contributed by atoms with Crippen molar-refractivity contribution in [1.29, 1.82) is 0 Å². The maximum atomic E-state index is 12.1. The standard InChI is InChI=1S/C21H35N3O5/c1-2-3-12-22-21(28)24-14-19(25)23-13-16-15(17-10-11-18(16)29-17)8-6-4-5-7-9-20(26)27/h4,6,15-18H,2-3,5,7-14H2,1H3,(H,23,25)(H,26,27)(H2,22,24,28)/b6-4-/t15-,16+,17-,18+/m1/s1. The highest BCUT2D eigenvalue weighted by atomic mass is 16.5. The van der Waals surface area contributed by atoms with Gasteiger partial charge in [-0.05, 0) is 44.4 Å². The normalized spacial score (nSPS) is 25.3. The average Bonchev–Trinajstić information content (AvgIpc) is 3.29. The van der Waals surface area contributed by atoms with Gasteiger partial charge in [0.25, 0.3) is 0 Å². The van der Waals surface area contributed by atoms with Gasteiger partial charge in [-0.25, -0.2) is 4.79 Å². The Kier molecular flexibility index (Phi) is 9.97. The van der Waals surface area contributed by atoms with E-state index in [1.807, 2.05) is 6.08 Å². The lowest BCUT2D eigenvalue weighted by Crippen LogP contribution is -2.44. The van der Waals surface area contributed by atoms with Crippen molar-refractivity contribution in [2.45, 2.75) is 70.5 Å². The fourth-order valence-corrected chi connectivity index (χ4v) is 4.12. The van der Waals surface area contributed by atoms with Gasteiger partial charge in [-0.1, -0.05) is 25.5 Å². The van der Waals surface area contributed by atoms with E-state index in [2.05, 4.69) is 29.0 Å². The topological polar surface area (TPSA) is 117 Å². The molecular weight excluding hydrogens is 374 g/mol. The second-order valence-electron chi connectivity index (χ2n) is 7.88. The number of ether oxygens (including phenoxy) is 1. The van der Waals surface area contributed by atoms with Crippen molar-refractivity contribution >= 4 is 17.9 Å². The van der Waals surface area contributed by atoms with Gasteiger partial charge >= 0.3 is 12.0 Å². The van der Waals surface area contributed by atoms with Gasteiger partial charge in [-0.2, -0.15) is 0 Å². The van der Waals surface area contributed by atoms with E-state index in [1.54, 1.807) is 0 Å². The van der Waals surface area contributed by atoms with Crippen molar-refractivity contribution in [3.05, 3.63) is 12.2 Å². The molecule has 2 aliphatic heterocycles. The molecule has 4 N–H and O–H groups in total. The molecule has 2 fully saturated rings. The predicted molar refractivity (Wildman–Crippen MR) is 109 cm³/mol. The maximum Gasteiger partial charge on any atom is 0.315 e. The van der Waals surface area contributed by atoms with Crippen LogP contribution in [0.5, 0.6) is 0 Å². The number of carboxylic acid groups (broad SMARTS) is 1. The number of carbonyl (C=O) groups is 3. The minimum Gasteiger partial charge on any atom is -0.481 e. The number of urea groups is 1. The van der Waals surface area contributed by atoms with Crippen molar-refractivity contribution in [2.24, 2.45) is 11.8 Å². The highest BCUT2D eigenvalue weighted by Gasteiger charge is 2.47. The smallest absolute Gasteiger partial charge is 0.315 e. The number of allylic oxidation sites excluding steroid dienone is 2. The zero-order valence-electron chi connectivity index (χ0n) is 17.3. The number of unbranched alkanes of at least 4 members (excludes halogenated alkanes) is 2. The van der Waals surface area contributed by atoms with Crippen LogP contribution in [0.3, 0.4) is 0 Å². The monoisotopic (exact) mass is 409 g/mol. The van der Waals surface area contributed by atoms with Crippen LogP contribution >= 0.6 is 0 Å². The molecule has 0 radical (unpaired) electrons. The summed E-state index contributed by atoms with van der Waals surface area (Å²) in [7, 11) is 0. The Morgan fingerprint density at radius 2 is 1.79 bits per heavy atom. The number of fused-ring (bicyclic) bond motifs is 2. The van der Waals surface area contributed by atoms with Crippen LogP contribution in [0.25, 0.3) is 0 Å². The van der Waals surface area contributed by atoms with Crippen LogP contribution in [-0.4, -0.2) is 54.9 Å². The van der Waals surface area contributed by atoms with Gasteiger partial charge in [-0.15, -0.1) is 0 Å². The summed E-state index contributed by atoms with van der Waals surface area (Å²) >= 11 is 0. The molecule has 2 rings (SSSR count). The molecule has 2 heterocycles. The zero-order chi connectivity index (χ0) is 21.1. The van der Waals surface area contributed by atoms with E-state index in [0.717, 1.165) is 38.5 Å². The molecule has 0 aromatic heterocycles. The van der Waals surface area contributed by atoms with Crippen LogP contribution in [0.15, 0.2) is 12.2 Å². The van der Waals surface area contributed by atoms with Crippen LogP contribution in [-0.2, 0) is 14.3 Å². The summed E-state index contributed by atoms with van der Waals surface area (Å²) in [6.07, 6.45) is 11.1. The third-order valence-electron chi connectivity index (χ3n) is 5.69. The van der Waals surface area contributed by atoms with E-state index < -0.39 is 5.97 Å². The molecule has 4 atom stereocenters. The Labute approximate surface area is 172 Å². The minimum absolute atomic E-state index is 0.0340. The lowest BCUT2D eigenvalue weighted by Gasteiger charge is -2.27. The first-order chi connectivity index (χ1) is 14.0. The number of rotatable bonds is 13. The van der Waals surface area contributed by atoms with Crippen molar-refractivity contribution in [2.75, 3.05) is 19.6 Å². The predicted octanol–water partition coefficient (Wildman–Crippen LogP) is 2.20. The number of nitrogens with one attached hydrogen (secondary N) is 3. The molecule has 8 heteroatoms. The number of carbonyl (C=O) groups excluding carboxylic acids is 2. The lowest BCUT2D eigenvalue weighted by atomic mass is 9.77. The van der Waals surface area contributed by atoms with Crippen molar-refractivity contribution in [3.63, 3.8) is 0 Å². The molecule has 2 saturated heterocycles. The van der Waals surface area contributed by atoms with Crippen molar-refractivity contribution in [1.82, 2.24) is 16.0 Å². The molecule has 2 aliphatic rings. The highest BCUT2D eigenvalue weighted by molar-refractivity contribution is 5.83. The van der Waals surface area contributed by atoms with Crippen molar-refractivity contribution < 1.29 is 24.2 Å². The van der Waals surface area contributed by atoms with Crippen LogP contribution in [0.2, 0.25) is 0 Å². The Balaban J connectivity index is 1.68.